The molecule has 0 aromatic rings. The monoisotopic (exact) mass is 917 g/mol. The minimum Gasteiger partial charge on any atom is -0.462 e. The first-order valence-electron chi connectivity index (χ1n) is 26.4. The maximum atomic E-state index is 12.8. The molecule has 0 amide bonds. The standard InChI is InChI=1S/C55H96O10/c1-3-5-7-9-11-13-15-17-19-21-23-24-26-27-29-31-33-35-37-39-41-43-50(57)62-46-48(47-63-55-54(61)53(60)52(59)49(45-56)65-55)64-51(58)44-42-40-38-36-34-32-30-28-25-22-20-18-16-14-12-10-8-6-4-2/h12,14,18,20,25,28,32,34,38,40,48-49,52-56,59-61H,3-11,13,15-17,19,21-24,26-27,29-31,33,35-37,39,41-47H2,1-2H3/b14-12+,20-18+,28-25+,34-32+,40-38+/t48-,49-,52+,53?,54?,55-/m0/s1. The number of aliphatic hydroxyl groups excluding tert-OH is 4. The number of ether oxygens (including phenoxy) is 4. The van der Waals surface area contributed by atoms with E-state index in [4.69, 9.17) is 18.9 Å². The first kappa shape index (κ1) is 60.4. The fraction of sp³-hybridized carbons (Fsp3) is 0.782. The Morgan fingerprint density at radius 1 is 0.477 bits per heavy atom. The Labute approximate surface area is 396 Å². The van der Waals surface area contributed by atoms with E-state index in [2.05, 4.69) is 62.5 Å². The molecule has 0 bridgehead atoms. The van der Waals surface area contributed by atoms with Crippen molar-refractivity contribution < 1.29 is 49.0 Å². The lowest BCUT2D eigenvalue weighted by atomic mass is 9.99. The highest BCUT2D eigenvalue weighted by Gasteiger charge is 2.44. The molecule has 10 nitrogen and oxygen atoms in total. The van der Waals surface area contributed by atoms with Gasteiger partial charge in [-0.2, -0.15) is 0 Å². The van der Waals surface area contributed by atoms with Crippen LogP contribution in [-0.4, -0.2) is 89.0 Å². The smallest absolute Gasteiger partial charge is 0.306 e. The molecule has 1 saturated heterocycles. The van der Waals surface area contributed by atoms with Crippen molar-refractivity contribution in [1.82, 2.24) is 0 Å². The van der Waals surface area contributed by atoms with Crippen LogP contribution in [0.25, 0.3) is 0 Å². The molecule has 0 saturated carbocycles. The maximum absolute atomic E-state index is 12.8. The quantitative estimate of drug-likeness (QED) is 0.0264. The average Bonchev–Trinajstić information content (AvgIpc) is 3.30. The fourth-order valence-electron chi connectivity index (χ4n) is 7.76. The molecular formula is C55H96O10. The van der Waals surface area contributed by atoms with Crippen LogP contribution in [0.15, 0.2) is 60.8 Å². The second-order valence-corrected chi connectivity index (χ2v) is 18.0. The van der Waals surface area contributed by atoms with E-state index in [9.17, 15) is 30.0 Å². The Balaban J connectivity index is 2.29. The summed E-state index contributed by atoms with van der Waals surface area (Å²) in [6.45, 7) is 3.35. The van der Waals surface area contributed by atoms with E-state index in [1.807, 2.05) is 12.2 Å². The molecular weight excluding hydrogens is 821 g/mol. The zero-order chi connectivity index (χ0) is 47.3. The van der Waals surface area contributed by atoms with Crippen LogP contribution in [0.4, 0.5) is 0 Å². The Hall–Kier alpha value is -2.60. The first-order valence-corrected chi connectivity index (χ1v) is 26.4. The molecule has 2 unspecified atom stereocenters. The molecule has 0 aromatic heterocycles. The van der Waals surface area contributed by atoms with Crippen molar-refractivity contribution in [3.8, 4) is 0 Å². The van der Waals surface area contributed by atoms with E-state index in [0.717, 1.165) is 44.9 Å². The molecule has 1 heterocycles. The van der Waals surface area contributed by atoms with Gasteiger partial charge in [0.05, 0.1) is 13.2 Å². The zero-order valence-electron chi connectivity index (χ0n) is 41.2. The highest BCUT2D eigenvalue weighted by atomic mass is 16.7. The summed E-state index contributed by atoms with van der Waals surface area (Å²) in [5.41, 5.74) is 0. The first-order chi connectivity index (χ1) is 31.8. The predicted molar refractivity (Wildman–Crippen MR) is 265 cm³/mol. The molecule has 6 atom stereocenters. The van der Waals surface area contributed by atoms with E-state index < -0.39 is 55.4 Å². The molecule has 1 fully saturated rings. The van der Waals surface area contributed by atoms with Gasteiger partial charge in [-0.3, -0.25) is 9.59 Å². The molecule has 0 spiro atoms. The van der Waals surface area contributed by atoms with Gasteiger partial charge in [-0.05, 0) is 51.4 Å². The van der Waals surface area contributed by atoms with E-state index in [-0.39, 0.29) is 26.1 Å². The van der Waals surface area contributed by atoms with E-state index in [1.165, 1.54) is 141 Å². The van der Waals surface area contributed by atoms with Crippen LogP contribution in [0.2, 0.25) is 0 Å². The second-order valence-electron chi connectivity index (χ2n) is 18.0. The number of aliphatic hydroxyl groups is 4. The molecule has 376 valence electrons. The van der Waals surface area contributed by atoms with Gasteiger partial charge in [0.2, 0.25) is 0 Å². The number of hydrogen-bond donors (Lipinski definition) is 4. The van der Waals surface area contributed by atoms with E-state index in [0.29, 0.717) is 6.42 Å². The molecule has 1 rings (SSSR count). The van der Waals surface area contributed by atoms with Crippen LogP contribution in [-0.2, 0) is 28.5 Å². The third-order valence-corrected chi connectivity index (χ3v) is 11.9. The van der Waals surface area contributed by atoms with Gasteiger partial charge in [0.1, 0.15) is 31.0 Å². The van der Waals surface area contributed by atoms with Gasteiger partial charge < -0.3 is 39.4 Å². The van der Waals surface area contributed by atoms with Gasteiger partial charge in [-0.25, -0.2) is 0 Å². The third-order valence-electron chi connectivity index (χ3n) is 11.9. The normalized spacial score (nSPS) is 19.8. The second kappa shape index (κ2) is 45.2. The zero-order valence-corrected chi connectivity index (χ0v) is 41.2. The number of carbonyl (C=O) groups excluding carboxylic acids is 2. The number of unbranched alkanes of at least 4 members (excludes halogenated alkanes) is 23. The molecule has 1 aliphatic rings. The molecule has 0 radical (unpaired) electrons. The lowest BCUT2D eigenvalue weighted by Crippen LogP contribution is -2.59. The van der Waals surface area contributed by atoms with Crippen molar-refractivity contribution in [2.24, 2.45) is 0 Å². The fourth-order valence-corrected chi connectivity index (χ4v) is 7.76. The Morgan fingerprint density at radius 2 is 0.892 bits per heavy atom. The van der Waals surface area contributed by atoms with Crippen LogP contribution in [0, 0.1) is 0 Å². The summed E-state index contributed by atoms with van der Waals surface area (Å²) < 4.78 is 22.2. The summed E-state index contributed by atoms with van der Waals surface area (Å²) in [5, 5.41) is 40.2. The van der Waals surface area contributed by atoms with Gasteiger partial charge in [-0.15, -0.1) is 0 Å². The van der Waals surface area contributed by atoms with Crippen molar-refractivity contribution in [1.29, 1.82) is 0 Å². The van der Waals surface area contributed by atoms with Crippen LogP contribution in [0.3, 0.4) is 0 Å². The summed E-state index contributed by atoms with van der Waals surface area (Å²) in [6, 6.07) is 0. The van der Waals surface area contributed by atoms with Crippen LogP contribution in [0.1, 0.15) is 219 Å². The number of allylic oxidation sites excluding steroid dienone is 10. The van der Waals surface area contributed by atoms with Gasteiger partial charge in [-0.1, -0.05) is 216 Å². The van der Waals surface area contributed by atoms with Crippen molar-refractivity contribution in [3.63, 3.8) is 0 Å². The molecule has 4 N–H and O–H groups in total. The van der Waals surface area contributed by atoms with Gasteiger partial charge >= 0.3 is 11.9 Å². The van der Waals surface area contributed by atoms with Crippen molar-refractivity contribution in [2.75, 3.05) is 19.8 Å². The van der Waals surface area contributed by atoms with Crippen molar-refractivity contribution in [3.05, 3.63) is 60.8 Å². The predicted octanol–water partition coefficient (Wildman–Crippen LogP) is 12.6. The lowest BCUT2D eigenvalue weighted by Gasteiger charge is -2.39. The summed E-state index contributed by atoms with van der Waals surface area (Å²) >= 11 is 0. The van der Waals surface area contributed by atoms with Crippen molar-refractivity contribution >= 4 is 11.9 Å². The van der Waals surface area contributed by atoms with Crippen molar-refractivity contribution in [2.45, 2.75) is 256 Å². The summed E-state index contributed by atoms with van der Waals surface area (Å²) in [4.78, 5) is 25.4. The molecule has 65 heavy (non-hydrogen) atoms. The average molecular weight is 917 g/mol. The maximum Gasteiger partial charge on any atom is 0.306 e. The molecule has 1 aliphatic heterocycles. The summed E-state index contributed by atoms with van der Waals surface area (Å²) in [5.74, 6) is -0.897. The molecule has 10 heteroatoms. The number of hydrogen-bond acceptors (Lipinski definition) is 10. The van der Waals surface area contributed by atoms with Crippen LogP contribution < -0.4 is 0 Å². The van der Waals surface area contributed by atoms with E-state index >= 15 is 0 Å². The number of rotatable bonds is 44. The summed E-state index contributed by atoms with van der Waals surface area (Å²) in [6.07, 6.45) is 49.6. The number of esters is 2. The highest BCUT2D eigenvalue weighted by Crippen LogP contribution is 2.23. The highest BCUT2D eigenvalue weighted by molar-refractivity contribution is 5.70. The minimum atomic E-state index is -1.61. The van der Waals surface area contributed by atoms with Crippen LogP contribution in [0.5, 0.6) is 0 Å². The SMILES string of the molecule is CCCCC/C=C/C/C=C/C/C=C/C/C=C/C/C=C/CCC(=O)O[C@@H](COC(=O)CCCCCCCCCCCCCCCCCCCCCCC)CO[C@H]1O[C@@H](CO)[C@@H](O)C(O)C1O. The Morgan fingerprint density at radius 3 is 1.35 bits per heavy atom. The third kappa shape index (κ3) is 36.2. The number of carbonyl (C=O) groups is 2. The minimum absolute atomic E-state index is 0.106. The largest absolute Gasteiger partial charge is 0.462 e. The van der Waals surface area contributed by atoms with Gasteiger partial charge in [0, 0.05) is 12.8 Å². The lowest BCUT2D eigenvalue weighted by molar-refractivity contribution is -0.305. The Kier molecular flexibility index (Phi) is 42.0. The topological polar surface area (TPSA) is 152 Å². The Bertz CT molecular complexity index is 1240. The van der Waals surface area contributed by atoms with Gasteiger partial charge in [0.15, 0.2) is 12.4 Å². The molecule has 0 aliphatic carbocycles. The van der Waals surface area contributed by atoms with Crippen LogP contribution >= 0.6 is 0 Å². The molecule has 0 aromatic carbocycles. The summed E-state index contributed by atoms with van der Waals surface area (Å²) in [7, 11) is 0. The van der Waals surface area contributed by atoms with E-state index in [1.54, 1.807) is 0 Å². The van der Waals surface area contributed by atoms with Gasteiger partial charge in [0.25, 0.3) is 0 Å².